The molecule has 0 amide bonds. The molecule has 1 heterocycles. The van der Waals surface area contributed by atoms with Gasteiger partial charge in [-0.2, -0.15) is 0 Å². The van der Waals surface area contributed by atoms with Crippen molar-refractivity contribution >= 4 is 0 Å². The van der Waals surface area contributed by atoms with Gasteiger partial charge in [0.05, 0.1) is 0 Å². The minimum absolute atomic E-state index is 0.706. The van der Waals surface area contributed by atoms with Crippen LogP contribution in [0.3, 0.4) is 0 Å². The second kappa shape index (κ2) is 4.73. The lowest BCUT2D eigenvalue weighted by atomic mass is 10.0. The molecule has 1 rings (SSSR count). The summed E-state index contributed by atoms with van der Waals surface area (Å²) < 4.78 is 0. The zero-order chi connectivity index (χ0) is 8.10. The molecule has 0 bridgehead atoms. The lowest BCUT2D eigenvalue weighted by Crippen LogP contribution is -2.36. The SMILES string of the molecule is CC(C)CC1CNCCCN1. The predicted molar refractivity (Wildman–Crippen MR) is 48.7 cm³/mol. The number of hydrogen-bond donors (Lipinski definition) is 2. The summed E-state index contributed by atoms with van der Waals surface area (Å²) in [7, 11) is 0. The van der Waals surface area contributed by atoms with Gasteiger partial charge in [-0.3, -0.25) is 0 Å². The number of hydrogen-bond acceptors (Lipinski definition) is 2. The molecule has 1 aliphatic heterocycles. The highest BCUT2D eigenvalue weighted by molar-refractivity contribution is 4.74. The van der Waals surface area contributed by atoms with E-state index < -0.39 is 0 Å². The van der Waals surface area contributed by atoms with Gasteiger partial charge in [-0.05, 0) is 31.8 Å². The summed E-state index contributed by atoms with van der Waals surface area (Å²) in [5, 5.41) is 6.99. The number of rotatable bonds is 2. The average Bonchev–Trinajstić information content (AvgIpc) is 2.14. The largest absolute Gasteiger partial charge is 0.315 e. The highest BCUT2D eigenvalue weighted by atomic mass is 15.0. The van der Waals surface area contributed by atoms with Gasteiger partial charge in [0.25, 0.3) is 0 Å². The normalized spacial score (nSPS) is 27.0. The van der Waals surface area contributed by atoms with Gasteiger partial charge < -0.3 is 10.6 Å². The quantitative estimate of drug-likeness (QED) is 0.623. The molecular weight excluding hydrogens is 136 g/mol. The molecule has 0 saturated carbocycles. The van der Waals surface area contributed by atoms with Crippen molar-refractivity contribution in [3.8, 4) is 0 Å². The lowest BCUT2D eigenvalue weighted by Gasteiger charge is -2.17. The first-order valence-corrected chi connectivity index (χ1v) is 4.73. The molecule has 1 saturated heterocycles. The first-order chi connectivity index (χ1) is 5.29. The molecule has 1 atom stereocenters. The maximum absolute atomic E-state index is 3.55. The Bertz CT molecular complexity index is 93.7. The molecule has 0 aromatic rings. The third-order valence-corrected chi connectivity index (χ3v) is 2.11. The highest BCUT2D eigenvalue weighted by Crippen LogP contribution is 2.04. The van der Waals surface area contributed by atoms with Gasteiger partial charge >= 0.3 is 0 Å². The van der Waals surface area contributed by atoms with Gasteiger partial charge in [-0.15, -0.1) is 0 Å². The van der Waals surface area contributed by atoms with Crippen molar-refractivity contribution in [3.63, 3.8) is 0 Å². The van der Waals surface area contributed by atoms with Crippen LogP contribution in [0.2, 0.25) is 0 Å². The van der Waals surface area contributed by atoms with Gasteiger partial charge in [-0.25, -0.2) is 0 Å². The van der Waals surface area contributed by atoms with Crippen LogP contribution < -0.4 is 10.6 Å². The van der Waals surface area contributed by atoms with Gasteiger partial charge in [0.1, 0.15) is 0 Å². The second-order valence-corrected chi connectivity index (χ2v) is 3.84. The summed E-state index contributed by atoms with van der Waals surface area (Å²) in [6.07, 6.45) is 2.57. The summed E-state index contributed by atoms with van der Waals surface area (Å²) in [6, 6.07) is 0.706. The molecule has 0 aliphatic carbocycles. The maximum Gasteiger partial charge on any atom is 0.0194 e. The summed E-state index contributed by atoms with van der Waals surface area (Å²) in [4.78, 5) is 0. The van der Waals surface area contributed by atoms with E-state index in [9.17, 15) is 0 Å². The smallest absolute Gasteiger partial charge is 0.0194 e. The van der Waals surface area contributed by atoms with Crippen molar-refractivity contribution in [2.75, 3.05) is 19.6 Å². The van der Waals surface area contributed by atoms with Crippen LogP contribution in [0.1, 0.15) is 26.7 Å². The Labute approximate surface area is 69.8 Å². The first-order valence-electron chi connectivity index (χ1n) is 4.73. The Morgan fingerprint density at radius 1 is 1.36 bits per heavy atom. The molecule has 0 aromatic carbocycles. The van der Waals surface area contributed by atoms with Crippen LogP contribution in [0.4, 0.5) is 0 Å². The van der Waals surface area contributed by atoms with Crippen molar-refractivity contribution in [1.82, 2.24) is 10.6 Å². The summed E-state index contributed by atoms with van der Waals surface area (Å²) >= 11 is 0. The van der Waals surface area contributed by atoms with Crippen molar-refractivity contribution in [1.29, 1.82) is 0 Å². The van der Waals surface area contributed by atoms with Crippen LogP contribution >= 0.6 is 0 Å². The second-order valence-electron chi connectivity index (χ2n) is 3.84. The van der Waals surface area contributed by atoms with E-state index in [2.05, 4.69) is 24.5 Å². The standard InChI is InChI=1S/C9H20N2/c1-8(2)6-9-7-10-4-3-5-11-9/h8-11H,3-7H2,1-2H3. The molecule has 2 heteroatoms. The summed E-state index contributed by atoms with van der Waals surface area (Å²) in [5.74, 6) is 0.812. The topological polar surface area (TPSA) is 24.1 Å². The van der Waals surface area contributed by atoms with E-state index in [1.165, 1.54) is 25.9 Å². The van der Waals surface area contributed by atoms with Crippen molar-refractivity contribution in [2.24, 2.45) is 5.92 Å². The molecule has 1 fully saturated rings. The molecule has 0 radical (unpaired) electrons. The molecule has 1 aliphatic rings. The van der Waals surface area contributed by atoms with Gasteiger partial charge in [0.2, 0.25) is 0 Å². The number of nitrogens with one attached hydrogen (secondary N) is 2. The fourth-order valence-corrected chi connectivity index (χ4v) is 1.60. The van der Waals surface area contributed by atoms with E-state index in [0.29, 0.717) is 6.04 Å². The summed E-state index contributed by atoms with van der Waals surface area (Å²) in [6.45, 7) is 8.09. The van der Waals surface area contributed by atoms with Crippen LogP contribution in [-0.4, -0.2) is 25.7 Å². The molecule has 1 unspecified atom stereocenters. The Hall–Kier alpha value is -0.0800. The third-order valence-electron chi connectivity index (χ3n) is 2.11. The van der Waals surface area contributed by atoms with Crippen LogP contribution in [0.25, 0.3) is 0 Å². The van der Waals surface area contributed by atoms with E-state index in [4.69, 9.17) is 0 Å². The third kappa shape index (κ3) is 3.73. The van der Waals surface area contributed by atoms with Crippen molar-refractivity contribution in [3.05, 3.63) is 0 Å². The molecule has 66 valence electrons. The minimum Gasteiger partial charge on any atom is -0.315 e. The zero-order valence-corrected chi connectivity index (χ0v) is 7.69. The molecule has 11 heavy (non-hydrogen) atoms. The van der Waals surface area contributed by atoms with Crippen LogP contribution in [0, 0.1) is 5.92 Å². The van der Waals surface area contributed by atoms with E-state index in [0.717, 1.165) is 12.5 Å². The molecule has 0 aromatic heterocycles. The van der Waals surface area contributed by atoms with Crippen molar-refractivity contribution < 1.29 is 0 Å². The Kier molecular flexibility index (Phi) is 3.87. The molecular formula is C9H20N2. The zero-order valence-electron chi connectivity index (χ0n) is 7.69. The predicted octanol–water partition coefficient (Wildman–Crippen LogP) is 0.984. The molecule has 2 N–H and O–H groups in total. The van der Waals surface area contributed by atoms with Gasteiger partial charge in [-0.1, -0.05) is 13.8 Å². The van der Waals surface area contributed by atoms with E-state index in [1.807, 2.05) is 0 Å². The highest BCUT2D eigenvalue weighted by Gasteiger charge is 2.11. The Balaban J connectivity index is 2.20. The average molecular weight is 156 g/mol. The summed E-state index contributed by atoms with van der Waals surface area (Å²) in [5.41, 5.74) is 0. The monoisotopic (exact) mass is 156 g/mol. The first kappa shape index (κ1) is 9.01. The van der Waals surface area contributed by atoms with Gasteiger partial charge in [0.15, 0.2) is 0 Å². The van der Waals surface area contributed by atoms with E-state index >= 15 is 0 Å². The fourth-order valence-electron chi connectivity index (χ4n) is 1.60. The molecule has 2 nitrogen and oxygen atoms in total. The van der Waals surface area contributed by atoms with Crippen LogP contribution in [-0.2, 0) is 0 Å². The van der Waals surface area contributed by atoms with E-state index in [-0.39, 0.29) is 0 Å². The van der Waals surface area contributed by atoms with Crippen molar-refractivity contribution in [2.45, 2.75) is 32.7 Å². The molecule has 0 spiro atoms. The van der Waals surface area contributed by atoms with E-state index in [1.54, 1.807) is 0 Å². The van der Waals surface area contributed by atoms with Gasteiger partial charge in [0, 0.05) is 12.6 Å². The maximum atomic E-state index is 3.55. The Morgan fingerprint density at radius 3 is 2.91 bits per heavy atom. The van der Waals surface area contributed by atoms with Crippen LogP contribution in [0.15, 0.2) is 0 Å². The Morgan fingerprint density at radius 2 is 2.18 bits per heavy atom. The fraction of sp³-hybridized carbons (Fsp3) is 1.00. The lowest BCUT2D eigenvalue weighted by molar-refractivity contribution is 0.427. The minimum atomic E-state index is 0.706. The van der Waals surface area contributed by atoms with Crippen LogP contribution in [0.5, 0.6) is 0 Å².